The van der Waals surface area contributed by atoms with Crippen molar-refractivity contribution < 1.29 is 23.8 Å². The number of nitrogens with zero attached hydrogens (tertiary/aromatic N) is 1. The van der Waals surface area contributed by atoms with Crippen molar-refractivity contribution in [2.24, 2.45) is 0 Å². The highest BCUT2D eigenvalue weighted by atomic mass is 16.5. The molecule has 0 spiro atoms. The van der Waals surface area contributed by atoms with Gasteiger partial charge in [0.15, 0.2) is 0 Å². The van der Waals surface area contributed by atoms with Crippen LogP contribution in [0.4, 0.5) is 4.79 Å². The van der Waals surface area contributed by atoms with E-state index in [2.05, 4.69) is 11.9 Å². The summed E-state index contributed by atoms with van der Waals surface area (Å²) in [6.45, 7) is 5.46. The molecule has 7 heteroatoms. The summed E-state index contributed by atoms with van der Waals surface area (Å²) in [4.78, 5) is 24.2. The summed E-state index contributed by atoms with van der Waals surface area (Å²) in [5.41, 5.74) is 0. The predicted octanol–water partition coefficient (Wildman–Crippen LogP) is 0.0200. The second-order valence-corrected chi connectivity index (χ2v) is 3.58. The van der Waals surface area contributed by atoms with E-state index in [0.717, 1.165) is 6.08 Å². The Hall–Kier alpha value is -1.60. The van der Waals surface area contributed by atoms with Gasteiger partial charge >= 0.3 is 12.0 Å². The van der Waals surface area contributed by atoms with Gasteiger partial charge in [0.25, 0.3) is 0 Å². The number of esters is 1. The molecule has 0 radical (unpaired) electrons. The third-order valence-corrected chi connectivity index (χ3v) is 2.21. The third-order valence-electron chi connectivity index (χ3n) is 2.21. The zero-order valence-electron chi connectivity index (χ0n) is 11.5. The van der Waals surface area contributed by atoms with Crippen molar-refractivity contribution in [3.63, 3.8) is 0 Å². The molecular weight excluding hydrogens is 252 g/mol. The van der Waals surface area contributed by atoms with Crippen molar-refractivity contribution in [3.05, 3.63) is 12.7 Å². The molecule has 0 aromatic carbocycles. The molecule has 0 atom stereocenters. The van der Waals surface area contributed by atoms with Gasteiger partial charge in [-0.15, -0.1) is 0 Å². The topological polar surface area (TPSA) is 77.1 Å². The molecule has 0 rings (SSSR count). The lowest BCUT2D eigenvalue weighted by molar-refractivity contribution is -0.137. The summed E-state index contributed by atoms with van der Waals surface area (Å²) in [5.74, 6) is -0.509. The van der Waals surface area contributed by atoms with Crippen LogP contribution in [0, 0.1) is 0 Å². The van der Waals surface area contributed by atoms with Gasteiger partial charge < -0.3 is 24.4 Å². The number of nitrogens with one attached hydrogen (secondary N) is 1. The van der Waals surface area contributed by atoms with Gasteiger partial charge in [-0.05, 0) is 0 Å². The molecule has 2 amide bonds. The molecule has 1 N–H and O–H groups in total. The number of carbonyl (C=O) groups excluding carboxylic acids is 2. The molecule has 0 heterocycles. The summed E-state index contributed by atoms with van der Waals surface area (Å²) in [7, 11) is 3.14. The maximum Gasteiger partial charge on any atom is 0.330 e. The fourth-order valence-electron chi connectivity index (χ4n) is 1.20. The Balaban J connectivity index is 3.94. The lowest BCUT2D eigenvalue weighted by Crippen LogP contribution is -2.44. The number of ether oxygens (including phenoxy) is 3. The van der Waals surface area contributed by atoms with E-state index in [1.807, 2.05) is 0 Å². The van der Waals surface area contributed by atoms with E-state index >= 15 is 0 Å². The van der Waals surface area contributed by atoms with E-state index in [0.29, 0.717) is 26.3 Å². The number of urea groups is 1. The molecule has 0 fully saturated rings. The van der Waals surface area contributed by atoms with Gasteiger partial charge in [-0.3, -0.25) is 0 Å². The first kappa shape index (κ1) is 17.4. The van der Waals surface area contributed by atoms with Crippen LogP contribution in [-0.4, -0.2) is 70.6 Å². The fraction of sp³-hybridized carbons (Fsp3) is 0.667. The Labute approximate surface area is 113 Å². The van der Waals surface area contributed by atoms with Crippen LogP contribution in [0.15, 0.2) is 12.7 Å². The van der Waals surface area contributed by atoms with E-state index in [1.54, 1.807) is 19.1 Å². The van der Waals surface area contributed by atoms with E-state index in [-0.39, 0.29) is 19.2 Å². The Kier molecular flexibility index (Phi) is 10.5. The van der Waals surface area contributed by atoms with Crippen LogP contribution in [0.3, 0.4) is 0 Å². The largest absolute Gasteiger partial charge is 0.461 e. The average molecular weight is 274 g/mol. The first-order valence-electron chi connectivity index (χ1n) is 5.95. The van der Waals surface area contributed by atoms with Crippen LogP contribution >= 0.6 is 0 Å². The molecule has 0 saturated heterocycles. The Bertz CT molecular complexity index is 275. The van der Waals surface area contributed by atoms with Gasteiger partial charge in [0.05, 0.1) is 19.8 Å². The minimum Gasteiger partial charge on any atom is -0.461 e. The highest BCUT2D eigenvalue weighted by Gasteiger charge is 2.12. The zero-order chi connectivity index (χ0) is 14.5. The van der Waals surface area contributed by atoms with Crippen LogP contribution in [0.2, 0.25) is 0 Å². The van der Waals surface area contributed by atoms with Gasteiger partial charge in [0, 0.05) is 33.4 Å². The standard InChI is InChI=1S/C12H22N2O5/c1-4-11(15)19-8-5-13-12(16)14(6-9-17-2)7-10-18-3/h4H,1,5-10H2,2-3H3,(H,13,16). The van der Waals surface area contributed by atoms with Gasteiger partial charge in [0.2, 0.25) is 0 Å². The van der Waals surface area contributed by atoms with E-state index in [1.165, 1.54) is 0 Å². The van der Waals surface area contributed by atoms with E-state index < -0.39 is 5.97 Å². The second-order valence-electron chi connectivity index (χ2n) is 3.58. The number of methoxy groups -OCH3 is 2. The molecule has 0 unspecified atom stereocenters. The van der Waals surface area contributed by atoms with Crippen molar-refractivity contribution in [1.82, 2.24) is 10.2 Å². The van der Waals surface area contributed by atoms with Gasteiger partial charge in [0.1, 0.15) is 6.61 Å². The van der Waals surface area contributed by atoms with Crippen LogP contribution in [0.5, 0.6) is 0 Å². The highest BCUT2D eigenvalue weighted by molar-refractivity contribution is 5.81. The minimum atomic E-state index is -0.509. The Morgan fingerprint density at radius 1 is 1.16 bits per heavy atom. The summed E-state index contributed by atoms with van der Waals surface area (Å²) in [6, 6.07) is -0.247. The predicted molar refractivity (Wildman–Crippen MR) is 69.9 cm³/mol. The summed E-state index contributed by atoms with van der Waals surface area (Å²) >= 11 is 0. The Morgan fingerprint density at radius 2 is 1.74 bits per heavy atom. The van der Waals surface area contributed by atoms with Crippen LogP contribution in [0.1, 0.15) is 0 Å². The molecule has 0 aromatic rings. The molecule has 19 heavy (non-hydrogen) atoms. The van der Waals surface area contributed by atoms with Gasteiger partial charge in [-0.2, -0.15) is 0 Å². The first-order chi connectivity index (χ1) is 9.15. The number of hydrogen-bond donors (Lipinski definition) is 1. The minimum absolute atomic E-state index is 0.110. The third kappa shape index (κ3) is 9.04. The lowest BCUT2D eigenvalue weighted by atomic mass is 10.5. The number of amides is 2. The molecule has 0 aliphatic carbocycles. The first-order valence-corrected chi connectivity index (χ1v) is 5.95. The average Bonchev–Trinajstić information content (AvgIpc) is 2.43. The van der Waals surface area contributed by atoms with Gasteiger partial charge in [-0.1, -0.05) is 6.58 Å². The summed E-state index contributed by atoms with van der Waals surface area (Å²) < 4.78 is 14.6. The van der Waals surface area contributed by atoms with Gasteiger partial charge in [-0.25, -0.2) is 9.59 Å². The van der Waals surface area contributed by atoms with Crippen molar-refractivity contribution in [1.29, 1.82) is 0 Å². The van der Waals surface area contributed by atoms with Crippen molar-refractivity contribution in [2.75, 3.05) is 53.7 Å². The SMILES string of the molecule is C=CC(=O)OCCNC(=O)N(CCOC)CCOC. The van der Waals surface area contributed by atoms with E-state index in [9.17, 15) is 9.59 Å². The monoisotopic (exact) mass is 274 g/mol. The molecule has 7 nitrogen and oxygen atoms in total. The number of rotatable bonds is 10. The molecule has 0 aromatic heterocycles. The van der Waals surface area contributed by atoms with Crippen LogP contribution < -0.4 is 5.32 Å². The highest BCUT2D eigenvalue weighted by Crippen LogP contribution is 1.91. The molecular formula is C12H22N2O5. The quantitative estimate of drug-likeness (QED) is 0.345. The molecule has 0 aliphatic rings. The maximum absolute atomic E-state index is 11.8. The fourth-order valence-corrected chi connectivity index (χ4v) is 1.20. The molecule has 0 aliphatic heterocycles. The van der Waals surface area contributed by atoms with Crippen LogP contribution in [0.25, 0.3) is 0 Å². The number of hydrogen-bond acceptors (Lipinski definition) is 5. The lowest BCUT2D eigenvalue weighted by Gasteiger charge is -2.22. The van der Waals surface area contributed by atoms with Crippen molar-refractivity contribution in [3.8, 4) is 0 Å². The van der Waals surface area contributed by atoms with Crippen molar-refractivity contribution in [2.45, 2.75) is 0 Å². The summed E-state index contributed by atoms with van der Waals surface area (Å²) in [5, 5.41) is 2.64. The second kappa shape index (κ2) is 11.5. The number of carbonyl (C=O) groups is 2. The smallest absolute Gasteiger partial charge is 0.330 e. The van der Waals surface area contributed by atoms with E-state index in [4.69, 9.17) is 14.2 Å². The van der Waals surface area contributed by atoms with Crippen LogP contribution in [-0.2, 0) is 19.0 Å². The molecule has 0 bridgehead atoms. The van der Waals surface area contributed by atoms with Crippen molar-refractivity contribution >= 4 is 12.0 Å². The summed E-state index contributed by atoms with van der Waals surface area (Å²) in [6.07, 6.45) is 1.07. The maximum atomic E-state index is 11.8. The normalized spacial score (nSPS) is 9.79. The Morgan fingerprint density at radius 3 is 2.21 bits per heavy atom. The molecule has 110 valence electrons. The zero-order valence-corrected chi connectivity index (χ0v) is 11.5. The molecule has 0 saturated carbocycles.